The second-order valence-electron chi connectivity index (χ2n) is 6.57. The highest BCUT2D eigenvalue weighted by Gasteiger charge is 2.15. The van der Waals surface area contributed by atoms with Crippen LogP contribution in [0.15, 0.2) is 77.4 Å². The molecule has 0 saturated carbocycles. The third-order valence-corrected chi connectivity index (χ3v) is 4.41. The number of hydrogen-bond donors (Lipinski definition) is 2. The standard InChI is InChI=1S/C23H19N3O4/c1-29-14-22(27)24-15-6-4-7-16(12-15)25-23(28)18-13-20(21-10-5-11-30-21)26-19-9-3-2-8-17(18)19/h2-13H,14H2,1H3,(H,24,27)(H,25,28). The molecule has 7 heteroatoms. The minimum absolute atomic E-state index is 0.0465. The van der Waals surface area contributed by atoms with Crippen molar-refractivity contribution in [2.24, 2.45) is 0 Å². The summed E-state index contributed by atoms with van der Waals surface area (Å²) in [6.45, 7) is -0.0465. The molecule has 7 nitrogen and oxygen atoms in total. The largest absolute Gasteiger partial charge is 0.463 e. The number of anilines is 2. The molecule has 4 aromatic rings. The van der Waals surface area contributed by atoms with Crippen molar-refractivity contribution in [1.82, 2.24) is 4.98 Å². The first-order valence-corrected chi connectivity index (χ1v) is 9.28. The van der Waals surface area contributed by atoms with Crippen molar-refractivity contribution >= 4 is 34.1 Å². The predicted molar refractivity (Wildman–Crippen MR) is 114 cm³/mol. The zero-order chi connectivity index (χ0) is 20.9. The Labute approximate surface area is 172 Å². The highest BCUT2D eigenvalue weighted by atomic mass is 16.5. The van der Waals surface area contributed by atoms with E-state index in [2.05, 4.69) is 15.6 Å². The number of nitrogens with zero attached hydrogens (tertiary/aromatic N) is 1. The second kappa shape index (κ2) is 8.59. The summed E-state index contributed by atoms with van der Waals surface area (Å²) in [6.07, 6.45) is 1.56. The normalized spacial score (nSPS) is 10.7. The summed E-state index contributed by atoms with van der Waals surface area (Å²) >= 11 is 0. The molecular formula is C23H19N3O4. The molecule has 4 rings (SSSR count). The van der Waals surface area contributed by atoms with Crippen LogP contribution in [0.25, 0.3) is 22.4 Å². The Hall–Kier alpha value is -3.97. The van der Waals surface area contributed by atoms with Gasteiger partial charge >= 0.3 is 0 Å². The summed E-state index contributed by atoms with van der Waals surface area (Å²) in [5, 5.41) is 6.34. The van der Waals surface area contributed by atoms with Gasteiger partial charge in [-0.2, -0.15) is 0 Å². The number of amides is 2. The van der Waals surface area contributed by atoms with Crippen molar-refractivity contribution in [1.29, 1.82) is 0 Å². The fraction of sp³-hybridized carbons (Fsp3) is 0.0870. The molecule has 150 valence electrons. The van der Waals surface area contributed by atoms with Crippen LogP contribution >= 0.6 is 0 Å². The molecule has 0 radical (unpaired) electrons. The topological polar surface area (TPSA) is 93.5 Å². The summed E-state index contributed by atoms with van der Waals surface area (Å²) in [6, 6.07) is 19.6. The van der Waals surface area contributed by atoms with Crippen LogP contribution in [-0.4, -0.2) is 30.5 Å². The second-order valence-corrected chi connectivity index (χ2v) is 6.57. The summed E-state index contributed by atoms with van der Waals surface area (Å²) in [5.41, 5.74) is 2.85. The molecule has 2 amide bonds. The lowest BCUT2D eigenvalue weighted by Crippen LogP contribution is -2.17. The Morgan fingerprint density at radius 3 is 2.53 bits per heavy atom. The first kappa shape index (κ1) is 19.4. The molecular weight excluding hydrogens is 382 g/mol. The number of carbonyl (C=O) groups is 2. The van der Waals surface area contributed by atoms with E-state index in [-0.39, 0.29) is 18.4 Å². The summed E-state index contributed by atoms with van der Waals surface area (Å²) in [7, 11) is 1.45. The molecule has 30 heavy (non-hydrogen) atoms. The molecule has 2 N–H and O–H groups in total. The smallest absolute Gasteiger partial charge is 0.256 e. The van der Waals surface area contributed by atoms with Crippen LogP contribution in [0.4, 0.5) is 11.4 Å². The highest BCUT2D eigenvalue weighted by Crippen LogP contribution is 2.26. The average molecular weight is 401 g/mol. The van der Waals surface area contributed by atoms with Gasteiger partial charge in [0, 0.05) is 23.9 Å². The number of carbonyl (C=O) groups excluding carboxylic acids is 2. The quantitative estimate of drug-likeness (QED) is 0.502. The molecule has 0 aliphatic rings. The van der Waals surface area contributed by atoms with E-state index in [0.29, 0.717) is 33.9 Å². The van der Waals surface area contributed by atoms with E-state index in [0.717, 1.165) is 5.39 Å². The van der Waals surface area contributed by atoms with Gasteiger partial charge in [-0.05, 0) is 42.5 Å². The van der Waals surface area contributed by atoms with Crippen molar-refractivity contribution in [3.8, 4) is 11.5 Å². The first-order chi connectivity index (χ1) is 14.6. The monoisotopic (exact) mass is 401 g/mol. The Morgan fingerprint density at radius 1 is 0.967 bits per heavy atom. The minimum atomic E-state index is -0.290. The molecule has 0 bridgehead atoms. The lowest BCUT2D eigenvalue weighted by Gasteiger charge is -2.11. The minimum Gasteiger partial charge on any atom is -0.463 e. The fourth-order valence-corrected chi connectivity index (χ4v) is 3.12. The van der Waals surface area contributed by atoms with E-state index < -0.39 is 0 Å². The zero-order valence-corrected chi connectivity index (χ0v) is 16.2. The molecule has 0 aliphatic carbocycles. The van der Waals surface area contributed by atoms with Crippen molar-refractivity contribution in [3.63, 3.8) is 0 Å². The first-order valence-electron chi connectivity index (χ1n) is 9.28. The third-order valence-electron chi connectivity index (χ3n) is 4.41. The number of nitrogens with one attached hydrogen (secondary N) is 2. The molecule has 2 heterocycles. The van der Waals surface area contributed by atoms with Gasteiger partial charge in [-0.3, -0.25) is 9.59 Å². The van der Waals surface area contributed by atoms with Gasteiger partial charge in [0.25, 0.3) is 5.91 Å². The predicted octanol–water partition coefficient (Wildman–Crippen LogP) is 4.33. The summed E-state index contributed by atoms with van der Waals surface area (Å²) in [4.78, 5) is 29.4. The van der Waals surface area contributed by atoms with Gasteiger partial charge in [-0.1, -0.05) is 24.3 Å². The van der Waals surface area contributed by atoms with Gasteiger partial charge in [0.2, 0.25) is 5.91 Å². The van der Waals surface area contributed by atoms with Crippen molar-refractivity contribution in [3.05, 3.63) is 78.6 Å². The maximum atomic E-state index is 13.1. The van der Waals surface area contributed by atoms with Crippen molar-refractivity contribution in [2.45, 2.75) is 0 Å². The molecule has 0 unspecified atom stereocenters. The molecule has 0 saturated heterocycles. The van der Waals surface area contributed by atoms with Crippen LogP contribution in [0.2, 0.25) is 0 Å². The molecule has 0 atom stereocenters. The number of hydrogen-bond acceptors (Lipinski definition) is 5. The van der Waals surface area contributed by atoms with Gasteiger partial charge in [0.1, 0.15) is 12.3 Å². The van der Waals surface area contributed by atoms with E-state index in [1.54, 1.807) is 48.7 Å². The Morgan fingerprint density at radius 2 is 1.77 bits per heavy atom. The Kier molecular flexibility index (Phi) is 5.54. The molecule has 0 fully saturated rings. The number of aromatic nitrogens is 1. The van der Waals surface area contributed by atoms with Gasteiger partial charge in [-0.15, -0.1) is 0 Å². The molecule has 0 spiro atoms. The Balaban J connectivity index is 1.64. The molecule has 2 aromatic heterocycles. The van der Waals surface area contributed by atoms with Crippen molar-refractivity contribution in [2.75, 3.05) is 24.4 Å². The number of methoxy groups -OCH3 is 1. The van der Waals surface area contributed by atoms with Crippen LogP contribution < -0.4 is 10.6 Å². The zero-order valence-electron chi connectivity index (χ0n) is 16.2. The SMILES string of the molecule is COCC(=O)Nc1cccc(NC(=O)c2cc(-c3ccco3)nc3ccccc23)c1. The highest BCUT2D eigenvalue weighted by molar-refractivity contribution is 6.13. The lowest BCUT2D eigenvalue weighted by atomic mass is 10.1. The number of rotatable bonds is 6. The van der Waals surface area contributed by atoms with E-state index in [4.69, 9.17) is 9.15 Å². The number of fused-ring (bicyclic) bond motifs is 1. The van der Waals surface area contributed by atoms with Gasteiger partial charge in [0.15, 0.2) is 5.76 Å². The fourth-order valence-electron chi connectivity index (χ4n) is 3.12. The van der Waals surface area contributed by atoms with Gasteiger partial charge < -0.3 is 19.8 Å². The van der Waals surface area contributed by atoms with E-state index in [1.807, 2.05) is 24.3 Å². The van der Waals surface area contributed by atoms with Crippen LogP contribution in [0.1, 0.15) is 10.4 Å². The third kappa shape index (κ3) is 4.21. The number of para-hydroxylation sites is 1. The van der Waals surface area contributed by atoms with Crippen LogP contribution in [0.3, 0.4) is 0 Å². The number of benzene rings is 2. The summed E-state index contributed by atoms with van der Waals surface area (Å²) < 4.78 is 10.3. The number of furan rings is 1. The van der Waals surface area contributed by atoms with E-state index >= 15 is 0 Å². The van der Waals surface area contributed by atoms with Crippen LogP contribution in [0.5, 0.6) is 0 Å². The number of pyridine rings is 1. The maximum absolute atomic E-state index is 13.1. The van der Waals surface area contributed by atoms with Crippen molar-refractivity contribution < 1.29 is 18.7 Å². The molecule has 0 aliphatic heterocycles. The lowest BCUT2D eigenvalue weighted by molar-refractivity contribution is -0.119. The van der Waals surface area contributed by atoms with Gasteiger partial charge in [-0.25, -0.2) is 4.98 Å². The Bertz CT molecular complexity index is 1200. The van der Waals surface area contributed by atoms with Gasteiger partial charge in [0.05, 0.1) is 17.3 Å². The van der Waals surface area contributed by atoms with E-state index in [9.17, 15) is 9.59 Å². The average Bonchev–Trinajstić information content (AvgIpc) is 3.28. The van der Waals surface area contributed by atoms with Crippen LogP contribution in [0, 0.1) is 0 Å². The van der Waals surface area contributed by atoms with Crippen LogP contribution in [-0.2, 0) is 9.53 Å². The molecule has 2 aromatic carbocycles. The summed E-state index contributed by atoms with van der Waals surface area (Å²) in [5.74, 6) is 0.0172. The maximum Gasteiger partial charge on any atom is 0.256 e. The number of ether oxygens (including phenoxy) is 1. The van der Waals surface area contributed by atoms with E-state index in [1.165, 1.54) is 7.11 Å².